The van der Waals surface area contributed by atoms with Gasteiger partial charge >= 0.3 is 23.9 Å². The molecule has 5 unspecified atom stereocenters. The van der Waals surface area contributed by atoms with E-state index in [1.807, 2.05) is 0 Å². The van der Waals surface area contributed by atoms with E-state index in [4.69, 9.17) is 35.9 Å². The molecule has 2 heterocycles. The van der Waals surface area contributed by atoms with E-state index in [0.29, 0.717) is 5.56 Å². The van der Waals surface area contributed by atoms with E-state index in [1.54, 1.807) is 0 Å². The van der Waals surface area contributed by atoms with E-state index in [9.17, 15) is 24.0 Å². The molecule has 5 atom stereocenters. The largest absolute Gasteiger partial charge is 0.463 e. The van der Waals surface area contributed by atoms with E-state index >= 15 is 0 Å². The number of nitrogens with one attached hydrogen (secondary N) is 3. The summed E-state index contributed by atoms with van der Waals surface area (Å²) in [6, 6.07) is 2.96. The molecule has 36 heavy (non-hydrogen) atoms. The number of hydrogen-bond acceptors (Lipinski definition) is 12. The molecule has 1 aliphatic rings. The van der Waals surface area contributed by atoms with Crippen LogP contribution >= 0.6 is 12.2 Å². The zero-order valence-electron chi connectivity index (χ0n) is 19.8. The van der Waals surface area contributed by atoms with Crippen LogP contribution in [0.25, 0.3) is 0 Å². The number of thiocarbonyl (C=S) groups is 1. The number of pyridine rings is 1. The van der Waals surface area contributed by atoms with Crippen LogP contribution in [-0.2, 0) is 42.9 Å². The van der Waals surface area contributed by atoms with Gasteiger partial charge in [0, 0.05) is 45.7 Å². The molecular weight excluding hydrogens is 500 g/mol. The van der Waals surface area contributed by atoms with Crippen LogP contribution in [-0.4, -0.2) is 77.1 Å². The number of carbonyl (C=O) groups excluding carboxylic acids is 5. The number of amides is 1. The van der Waals surface area contributed by atoms with Gasteiger partial charge in [-0.3, -0.25) is 39.8 Å². The Labute approximate surface area is 211 Å². The highest BCUT2D eigenvalue weighted by atomic mass is 32.1. The average Bonchev–Trinajstić information content (AvgIpc) is 2.79. The van der Waals surface area contributed by atoms with E-state index in [-0.39, 0.29) is 5.11 Å². The van der Waals surface area contributed by atoms with Gasteiger partial charge < -0.3 is 29.0 Å². The van der Waals surface area contributed by atoms with Crippen LogP contribution in [0.1, 0.15) is 38.1 Å². The SMILES string of the molecule is CC(=O)OCC1OC(NC(=S)NNC(=O)c2ccncc2)C(OC(C)=O)C(OC(C)=O)C1OC(C)=O. The Morgan fingerprint density at radius 2 is 1.42 bits per heavy atom. The molecule has 0 bridgehead atoms. The zero-order valence-corrected chi connectivity index (χ0v) is 20.7. The van der Waals surface area contributed by atoms with Crippen molar-refractivity contribution in [3.8, 4) is 0 Å². The minimum atomic E-state index is -1.36. The number of esters is 4. The second kappa shape index (κ2) is 13.3. The van der Waals surface area contributed by atoms with Gasteiger partial charge in [0.1, 0.15) is 12.7 Å². The summed E-state index contributed by atoms with van der Waals surface area (Å²) in [5.74, 6) is -3.46. The van der Waals surface area contributed by atoms with E-state index in [2.05, 4.69) is 21.2 Å². The highest BCUT2D eigenvalue weighted by Crippen LogP contribution is 2.28. The Morgan fingerprint density at radius 3 is 1.97 bits per heavy atom. The maximum Gasteiger partial charge on any atom is 0.303 e. The van der Waals surface area contributed by atoms with Crippen molar-refractivity contribution >= 4 is 47.1 Å². The summed E-state index contributed by atoms with van der Waals surface area (Å²) >= 11 is 5.19. The lowest BCUT2D eigenvalue weighted by atomic mass is 9.97. The maximum absolute atomic E-state index is 12.2. The van der Waals surface area contributed by atoms with Crippen molar-refractivity contribution < 1.29 is 47.7 Å². The van der Waals surface area contributed by atoms with Gasteiger partial charge in [-0.25, -0.2) is 0 Å². The molecule has 0 spiro atoms. The van der Waals surface area contributed by atoms with Crippen LogP contribution < -0.4 is 16.2 Å². The number of aromatic nitrogens is 1. The van der Waals surface area contributed by atoms with Gasteiger partial charge in [0.25, 0.3) is 5.91 Å². The van der Waals surface area contributed by atoms with Crippen LogP contribution in [0.4, 0.5) is 0 Å². The van der Waals surface area contributed by atoms with Crippen molar-refractivity contribution in [1.82, 2.24) is 21.2 Å². The molecule has 1 fully saturated rings. The smallest absolute Gasteiger partial charge is 0.303 e. The lowest BCUT2D eigenvalue weighted by Gasteiger charge is -2.44. The molecule has 1 saturated heterocycles. The molecule has 1 aliphatic heterocycles. The second-order valence-corrected chi connectivity index (χ2v) is 7.82. The van der Waals surface area contributed by atoms with Crippen molar-refractivity contribution in [2.45, 2.75) is 58.3 Å². The summed E-state index contributed by atoms with van der Waals surface area (Å²) < 4.78 is 26.8. The quantitative estimate of drug-likeness (QED) is 0.175. The van der Waals surface area contributed by atoms with Gasteiger partial charge in [-0.2, -0.15) is 0 Å². The van der Waals surface area contributed by atoms with Crippen LogP contribution in [0.3, 0.4) is 0 Å². The summed E-state index contributed by atoms with van der Waals surface area (Å²) in [6.07, 6.45) is -3.60. The Bertz CT molecular complexity index is 992. The zero-order chi connectivity index (χ0) is 26.8. The van der Waals surface area contributed by atoms with Crippen LogP contribution in [0.5, 0.6) is 0 Å². The normalized spacial score (nSPS) is 22.8. The molecule has 0 radical (unpaired) electrons. The van der Waals surface area contributed by atoms with Gasteiger partial charge in [0.15, 0.2) is 29.7 Å². The van der Waals surface area contributed by atoms with E-state index < -0.39 is 67.0 Å². The summed E-state index contributed by atoms with van der Waals surface area (Å²) in [7, 11) is 0. The highest BCUT2D eigenvalue weighted by Gasteiger charge is 2.52. The third-order valence-electron chi connectivity index (χ3n) is 4.50. The Kier molecular flexibility index (Phi) is 10.5. The Balaban J connectivity index is 2.26. The average molecular weight is 527 g/mol. The van der Waals surface area contributed by atoms with Crippen molar-refractivity contribution in [2.24, 2.45) is 0 Å². The molecule has 3 N–H and O–H groups in total. The molecule has 1 aromatic heterocycles. The molecule has 2 rings (SSSR count). The fraction of sp³-hybridized carbons (Fsp3) is 0.476. The first-order valence-corrected chi connectivity index (χ1v) is 11.0. The Morgan fingerprint density at radius 1 is 0.861 bits per heavy atom. The van der Waals surface area contributed by atoms with Gasteiger partial charge in [-0.1, -0.05) is 0 Å². The fourth-order valence-corrected chi connectivity index (χ4v) is 3.37. The van der Waals surface area contributed by atoms with Crippen molar-refractivity contribution in [2.75, 3.05) is 6.61 Å². The monoisotopic (exact) mass is 526 g/mol. The van der Waals surface area contributed by atoms with Crippen molar-refractivity contribution in [3.63, 3.8) is 0 Å². The molecule has 1 amide bonds. The fourth-order valence-electron chi connectivity index (χ4n) is 3.20. The van der Waals surface area contributed by atoms with Crippen LogP contribution in [0, 0.1) is 0 Å². The van der Waals surface area contributed by atoms with Crippen LogP contribution in [0.2, 0.25) is 0 Å². The third-order valence-corrected chi connectivity index (χ3v) is 4.72. The molecule has 0 aliphatic carbocycles. The molecule has 0 saturated carbocycles. The maximum atomic E-state index is 12.2. The lowest BCUT2D eigenvalue weighted by Crippen LogP contribution is -2.67. The van der Waals surface area contributed by atoms with Gasteiger partial charge in [0.05, 0.1) is 0 Å². The topological polar surface area (TPSA) is 180 Å². The third kappa shape index (κ3) is 8.74. The van der Waals surface area contributed by atoms with Gasteiger partial charge in [-0.15, -0.1) is 0 Å². The predicted octanol–water partition coefficient (Wildman–Crippen LogP) is -0.726. The molecule has 14 nitrogen and oxygen atoms in total. The summed E-state index contributed by atoms with van der Waals surface area (Å²) in [5.41, 5.74) is 5.13. The number of nitrogens with zero attached hydrogens (tertiary/aromatic N) is 1. The van der Waals surface area contributed by atoms with E-state index in [0.717, 1.165) is 27.7 Å². The molecular formula is C21H26N4O10S. The predicted molar refractivity (Wildman–Crippen MR) is 123 cm³/mol. The van der Waals surface area contributed by atoms with Gasteiger partial charge in [-0.05, 0) is 24.4 Å². The molecule has 15 heteroatoms. The number of ether oxygens (including phenoxy) is 5. The standard InChI is InChI=1S/C21H26N4O10S/c1-10(26)31-9-15-16(32-11(2)27)17(33-12(3)28)18(34-13(4)29)20(35-15)23-21(36)25-24-19(30)14-5-7-22-8-6-14/h5-8,15-18,20H,9H2,1-4H3,(H,24,30)(H2,23,25,36). The van der Waals surface area contributed by atoms with Gasteiger partial charge in [0.2, 0.25) is 0 Å². The molecule has 1 aromatic rings. The summed E-state index contributed by atoms with van der Waals surface area (Å²) in [4.78, 5) is 62.9. The minimum Gasteiger partial charge on any atom is -0.463 e. The van der Waals surface area contributed by atoms with E-state index in [1.165, 1.54) is 24.5 Å². The first-order chi connectivity index (χ1) is 17.0. The Hall–Kier alpha value is -3.85. The molecule has 0 aromatic carbocycles. The number of carbonyl (C=O) groups is 5. The number of hydrazine groups is 1. The van der Waals surface area contributed by atoms with Crippen LogP contribution in [0.15, 0.2) is 24.5 Å². The molecule has 196 valence electrons. The van der Waals surface area contributed by atoms with Crippen molar-refractivity contribution in [3.05, 3.63) is 30.1 Å². The highest BCUT2D eigenvalue weighted by molar-refractivity contribution is 7.80. The first kappa shape index (κ1) is 28.4. The summed E-state index contributed by atoms with van der Waals surface area (Å²) in [5, 5.41) is 2.53. The first-order valence-electron chi connectivity index (χ1n) is 10.5. The summed E-state index contributed by atoms with van der Waals surface area (Å²) in [6.45, 7) is 4.10. The van der Waals surface area contributed by atoms with Crippen molar-refractivity contribution in [1.29, 1.82) is 0 Å². The number of rotatable bonds is 7. The number of hydrogen-bond donors (Lipinski definition) is 3. The lowest BCUT2D eigenvalue weighted by molar-refractivity contribution is -0.254. The minimum absolute atomic E-state index is 0.168. The second-order valence-electron chi connectivity index (χ2n) is 7.41.